The Morgan fingerprint density at radius 1 is 1.23 bits per heavy atom. The Morgan fingerprint density at radius 3 is 2.73 bits per heavy atom. The molecule has 0 spiro atoms. The molecule has 3 aromatic rings. The van der Waals surface area contributed by atoms with E-state index in [0.717, 1.165) is 16.3 Å². The molecule has 136 valence electrons. The highest BCUT2D eigenvalue weighted by atomic mass is 35.5. The average Bonchev–Trinajstić information content (AvgIpc) is 3.27. The molecule has 2 aromatic heterocycles. The van der Waals surface area contributed by atoms with Crippen LogP contribution in [-0.4, -0.2) is 36.4 Å². The number of carbonyl (C=O) groups excluding carboxylic acids is 1. The van der Waals surface area contributed by atoms with Crippen LogP contribution in [-0.2, 0) is 11.2 Å². The Morgan fingerprint density at radius 2 is 2.04 bits per heavy atom. The summed E-state index contributed by atoms with van der Waals surface area (Å²) >= 11 is 9.43. The topological polar surface area (TPSA) is 45.2 Å². The Kier molecular flexibility index (Phi) is 6.43. The molecule has 1 aromatic carbocycles. The maximum atomic E-state index is 12.3. The first kappa shape index (κ1) is 19.0. The maximum Gasteiger partial charge on any atom is 0.226 e. The van der Waals surface area contributed by atoms with Crippen LogP contribution in [0, 0.1) is 0 Å². The van der Waals surface area contributed by atoms with Crippen molar-refractivity contribution in [2.24, 2.45) is 0 Å². The van der Waals surface area contributed by atoms with Gasteiger partial charge >= 0.3 is 0 Å². The molecule has 0 bridgehead atoms. The molecule has 1 unspecified atom stereocenters. The Bertz CT molecular complexity index is 861. The number of hydrogen-bond acceptors (Lipinski definition) is 5. The van der Waals surface area contributed by atoms with E-state index in [0.29, 0.717) is 11.6 Å². The Labute approximate surface area is 166 Å². The van der Waals surface area contributed by atoms with Gasteiger partial charge in [-0.25, -0.2) is 4.98 Å². The second kappa shape index (κ2) is 8.77. The molecule has 0 radical (unpaired) electrons. The predicted molar refractivity (Wildman–Crippen MR) is 110 cm³/mol. The third-order valence-electron chi connectivity index (χ3n) is 3.99. The number of carbonyl (C=O) groups is 1. The molecule has 0 fully saturated rings. The van der Waals surface area contributed by atoms with Crippen LogP contribution in [0.3, 0.4) is 0 Å². The monoisotopic (exact) mass is 405 g/mol. The van der Waals surface area contributed by atoms with Crippen LogP contribution < -0.4 is 5.32 Å². The van der Waals surface area contributed by atoms with Crippen molar-refractivity contribution in [2.45, 2.75) is 12.5 Å². The zero-order valence-corrected chi connectivity index (χ0v) is 17.0. The van der Waals surface area contributed by atoms with Crippen molar-refractivity contribution >= 4 is 40.2 Å². The Balaban J connectivity index is 1.59. The number of thiophene rings is 1. The minimum atomic E-state index is -0.0237. The summed E-state index contributed by atoms with van der Waals surface area (Å²) in [6, 6.07) is 11.9. The van der Waals surface area contributed by atoms with Crippen molar-refractivity contribution in [1.82, 2.24) is 15.2 Å². The van der Waals surface area contributed by atoms with E-state index in [1.807, 2.05) is 49.8 Å². The molecule has 0 aliphatic heterocycles. The van der Waals surface area contributed by atoms with Crippen LogP contribution in [0.1, 0.15) is 16.6 Å². The smallest absolute Gasteiger partial charge is 0.226 e. The predicted octanol–water partition coefficient (Wildman–Crippen LogP) is 4.49. The third-order valence-corrected chi connectivity index (χ3v) is 6.21. The first-order chi connectivity index (χ1) is 12.5. The largest absolute Gasteiger partial charge is 0.354 e. The molecule has 0 aliphatic rings. The molecule has 0 saturated heterocycles. The summed E-state index contributed by atoms with van der Waals surface area (Å²) in [4.78, 5) is 20.2. The molecule has 4 nitrogen and oxygen atoms in total. The second-order valence-electron chi connectivity index (χ2n) is 6.10. The van der Waals surface area contributed by atoms with Crippen molar-refractivity contribution in [1.29, 1.82) is 0 Å². The molecule has 1 N–H and O–H groups in total. The number of benzene rings is 1. The minimum absolute atomic E-state index is 0.0237. The molecule has 7 heteroatoms. The second-order valence-corrected chi connectivity index (χ2v) is 8.34. The zero-order chi connectivity index (χ0) is 18.5. The van der Waals surface area contributed by atoms with Gasteiger partial charge in [-0.15, -0.1) is 22.7 Å². The minimum Gasteiger partial charge on any atom is -0.354 e. The van der Waals surface area contributed by atoms with Crippen LogP contribution in [0.2, 0.25) is 5.02 Å². The highest BCUT2D eigenvalue weighted by molar-refractivity contribution is 7.13. The summed E-state index contributed by atoms with van der Waals surface area (Å²) in [6.07, 6.45) is 0.269. The number of aromatic nitrogens is 1. The number of hydrogen-bond donors (Lipinski definition) is 1. The van der Waals surface area contributed by atoms with Gasteiger partial charge in [0.2, 0.25) is 5.91 Å². The number of amides is 1. The van der Waals surface area contributed by atoms with Gasteiger partial charge < -0.3 is 10.2 Å². The van der Waals surface area contributed by atoms with Crippen LogP contribution >= 0.6 is 34.3 Å². The summed E-state index contributed by atoms with van der Waals surface area (Å²) in [7, 11) is 4.04. The van der Waals surface area contributed by atoms with E-state index in [-0.39, 0.29) is 18.4 Å². The normalized spacial score (nSPS) is 12.3. The number of nitrogens with one attached hydrogen (secondary N) is 1. The van der Waals surface area contributed by atoms with Crippen molar-refractivity contribution in [2.75, 3.05) is 20.6 Å². The van der Waals surface area contributed by atoms with E-state index in [9.17, 15) is 4.79 Å². The molecule has 1 amide bonds. The number of likely N-dealkylation sites (N-methyl/N-ethyl adjacent to an activating group) is 1. The molecule has 1 atom stereocenters. The summed E-state index contributed by atoms with van der Waals surface area (Å²) in [5.74, 6) is -0.0237. The lowest BCUT2D eigenvalue weighted by Crippen LogP contribution is -2.34. The van der Waals surface area contributed by atoms with Gasteiger partial charge in [0.15, 0.2) is 0 Å². The SMILES string of the molecule is CN(C)C(CNC(=O)Cc1csc(-c2ccccc2Cl)n1)c1cccs1. The van der Waals surface area contributed by atoms with E-state index in [2.05, 4.69) is 26.6 Å². The molecule has 2 heterocycles. The molecular weight excluding hydrogens is 386 g/mol. The number of halogens is 1. The lowest BCUT2D eigenvalue weighted by atomic mass is 10.2. The van der Waals surface area contributed by atoms with Crippen LogP contribution in [0.5, 0.6) is 0 Å². The lowest BCUT2D eigenvalue weighted by Gasteiger charge is -2.23. The van der Waals surface area contributed by atoms with Crippen LogP contribution in [0.25, 0.3) is 10.6 Å². The quantitative estimate of drug-likeness (QED) is 0.630. The fraction of sp³-hybridized carbons (Fsp3) is 0.263. The molecule has 3 rings (SSSR count). The summed E-state index contributed by atoms with van der Waals surface area (Å²) < 4.78 is 0. The van der Waals surface area contributed by atoms with Crippen LogP contribution in [0.4, 0.5) is 0 Å². The molecule has 0 aliphatic carbocycles. The van der Waals surface area contributed by atoms with Crippen molar-refractivity contribution < 1.29 is 4.79 Å². The van der Waals surface area contributed by atoms with Crippen molar-refractivity contribution in [3.8, 4) is 10.6 Å². The maximum absolute atomic E-state index is 12.3. The summed E-state index contributed by atoms with van der Waals surface area (Å²) in [6.45, 7) is 0.577. The average molecular weight is 406 g/mol. The van der Waals surface area contributed by atoms with Gasteiger partial charge in [-0.3, -0.25) is 4.79 Å². The van der Waals surface area contributed by atoms with Gasteiger partial charge in [-0.05, 0) is 31.6 Å². The zero-order valence-electron chi connectivity index (χ0n) is 14.6. The molecular formula is C19H20ClN3OS2. The third kappa shape index (κ3) is 4.71. The van der Waals surface area contributed by atoms with Gasteiger partial charge in [0, 0.05) is 22.4 Å². The fourth-order valence-electron chi connectivity index (χ4n) is 2.60. The fourth-order valence-corrected chi connectivity index (χ4v) is 4.67. The van der Waals surface area contributed by atoms with E-state index < -0.39 is 0 Å². The first-order valence-electron chi connectivity index (χ1n) is 8.20. The van der Waals surface area contributed by atoms with Gasteiger partial charge in [0.05, 0.1) is 23.2 Å². The van der Waals surface area contributed by atoms with Gasteiger partial charge in [0.1, 0.15) is 5.01 Å². The summed E-state index contributed by atoms with van der Waals surface area (Å²) in [5.41, 5.74) is 1.66. The number of nitrogens with zero attached hydrogens (tertiary/aromatic N) is 2. The molecule has 26 heavy (non-hydrogen) atoms. The van der Waals surface area contributed by atoms with Crippen molar-refractivity contribution in [3.63, 3.8) is 0 Å². The highest BCUT2D eigenvalue weighted by Crippen LogP contribution is 2.30. The van der Waals surface area contributed by atoms with Crippen molar-refractivity contribution in [3.05, 3.63) is 62.8 Å². The van der Waals surface area contributed by atoms with E-state index in [1.165, 1.54) is 16.2 Å². The van der Waals surface area contributed by atoms with Gasteiger partial charge in [0.25, 0.3) is 0 Å². The van der Waals surface area contributed by atoms with Crippen LogP contribution in [0.15, 0.2) is 47.2 Å². The summed E-state index contributed by atoms with van der Waals surface area (Å²) in [5, 5.41) is 8.50. The van der Waals surface area contributed by atoms with E-state index >= 15 is 0 Å². The highest BCUT2D eigenvalue weighted by Gasteiger charge is 2.17. The number of thiazole rings is 1. The van der Waals surface area contributed by atoms with Gasteiger partial charge in [-0.1, -0.05) is 35.9 Å². The standard InChI is InChI=1S/C19H20ClN3OS2/c1-23(2)16(17-8-5-9-25-17)11-21-18(24)10-13-12-26-19(22-13)14-6-3-4-7-15(14)20/h3-9,12,16H,10-11H2,1-2H3,(H,21,24). The van der Waals surface area contributed by atoms with Gasteiger partial charge in [-0.2, -0.15) is 0 Å². The van der Waals surface area contributed by atoms with E-state index in [4.69, 9.17) is 11.6 Å². The lowest BCUT2D eigenvalue weighted by molar-refractivity contribution is -0.120. The number of rotatable bonds is 7. The first-order valence-corrected chi connectivity index (χ1v) is 10.3. The van der Waals surface area contributed by atoms with E-state index in [1.54, 1.807) is 11.3 Å². The Hall–Kier alpha value is -1.73. The molecule has 0 saturated carbocycles.